The number of carbonyl (C=O) groups is 1. The SMILES string of the molecule is CCC(C(=O)O)c1ccc(C(F)(F)F)cc1.FC(F)F. The molecule has 0 amide bonds. The molecule has 0 heterocycles. The molecule has 0 radical (unpaired) electrons. The number of hydrogen-bond acceptors (Lipinski definition) is 1. The molecular formula is C12H12F6O2. The lowest BCUT2D eigenvalue weighted by atomic mass is 9.96. The normalized spacial score (nSPS) is 12.6. The number of aliphatic carboxylic acids is 1. The fraction of sp³-hybridized carbons (Fsp3) is 0.417. The van der Waals surface area contributed by atoms with Gasteiger partial charge in [0.2, 0.25) is 0 Å². The number of halogens is 6. The van der Waals surface area contributed by atoms with Crippen LogP contribution in [0.25, 0.3) is 0 Å². The minimum Gasteiger partial charge on any atom is -0.481 e. The Morgan fingerprint density at radius 2 is 1.55 bits per heavy atom. The van der Waals surface area contributed by atoms with Crippen LogP contribution in [0.4, 0.5) is 26.3 Å². The summed E-state index contributed by atoms with van der Waals surface area (Å²) in [7, 11) is 0. The molecule has 0 aromatic heterocycles. The first-order valence-corrected chi connectivity index (χ1v) is 5.41. The van der Waals surface area contributed by atoms with Crippen LogP contribution in [0.2, 0.25) is 0 Å². The number of carboxylic acid groups (broad SMARTS) is 1. The molecule has 0 aliphatic carbocycles. The van der Waals surface area contributed by atoms with Crippen molar-refractivity contribution in [2.75, 3.05) is 0 Å². The molecule has 1 N–H and O–H groups in total. The topological polar surface area (TPSA) is 37.3 Å². The minimum atomic E-state index is -4.39. The molecule has 1 aromatic carbocycles. The molecule has 114 valence electrons. The molecule has 8 heteroatoms. The van der Waals surface area contributed by atoms with Gasteiger partial charge in [-0.05, 0) is 24.1 Å². The number of rotatable bonds is 3. The van der Waals surface area contributed by atoms with Crippen molar-refractivity contribution < 1.29 is 36.2 Å². The van der Waals surface area contributed by atoms with Crippen molar-refractivity contribution in [3.8, 4) is 0 Å². The van der Waals surface area contributed by atoms with Crippen molar-refractivity contribution in [3.63, 3.8) is 0 Å². The third-order valence-electron chi connectivity index (χ3n) is 2.35. The maximum atomic E-state index is 12.2. The van der Waals surface area contributed by atoms with E-state index in [0.717, 1.165) is 12.1 Å². The van der Waals surface area contributed by atoms with Crippen molar-refractivity contribution >= 4 is 5.97 Å². The smallest absolute Gasteiger partial charge is 0.416 e. The lowest BCUT2D eigenvalue weighted by Gasteiger charge is -2.11. The molecule has 1 aromatic rings. The maximum Gasteiger partial charge on any atom is 0.416 e. The fourth-order valence-corrected chi connectivity index (χ4v) is 1.46. The van der Waals surface area contributed by atoms with Crippen LogP contribution >= 0.6 is 0 Å². The maximum absolute atomic E-state index is 12.2. The molecule has 0 aliphatic heterocycles. The summed E-state index contributed by atoms with van der Waals surface area (Å²) in [5.41, 5.74) is -0.375. The first kappa shape index (κ1) is 18.3. The Hall–Kier alpha value is -1.73. The van der Waals surface area contributed by atoms with Gasteiger partial charge in [-0.3, -0.25) is 4.79 Å². The van der Waals surface area contributed by atoms with Gasteiger partial charge in [-0.2, -0.15) is 26.3 Å². The lowest BCUT2D eigenvalue weighted by molar-refractivity contribution is -0.139. The standard InChI is InChI=1S/C11H11F3O2.CHF3/c1-2-9(10(15)16)7-3-5-8(6-4-7)11(12,13)14;2-1(3)4/h3-6,9H,2H2,1H3,(H,15,16);1H. The molecule has 2 nitrogen and oxygen atoms in total. The zero-order chi connectivity index (χ0) is 15.9. The van der Waals surface area contributed by atoms with Gasteiger partial charge in [-0.25, -0.2) is 0 Å². The third kappa shape index (κ3) is 6.44. The molecule has 1 unspecified atom stereocenters. The highest BCUT2D eigenvalue weighted by Crippen LogP contribution is 2.30. The Morgan fingerprint density at radius 1 is 1.15 bits per heavy atom. The van der Waals surface area contributed by atoms with E-state index in [9.17, 15) is 31.1 Å². The van der Waals surface area contributed by atoms with Gasteiger partial charge >= 0.3 is 18.8 Å². The predicted octanol–water partition coefficient (Wildman–Crippen LogP) is 4.46. The van der Waals surface area contributed by atoms with E-state index in [0.29, 0.717) is 12.0 Å². The van der Waals surface area contributed by atoms with Gasteiger partial charge in [0.05, 0.1) is 11.5 Å². The Balaban J connectivity index is 0.000000796. The van der Waals surface area contributed by atoms with Crippen molar-refractivity contribution in [1.29, 1.82) is 0 Å². The molecule has 0 spiro atoms. The highest BCUT2D eigenvalue weighted by Gasteiger charge is 2.30. The second-order valence-electron chi connectivity index (χ2n) is 3.67. The first-order valence-electron chi connectivity index (χ1n) is 5.41. The zero-order valence-electron chi connectivity index (χ0n) is 10.3. The molecule has 1 rings (SSSR count). The summed E-state index contributed by atoms with van der Waals surface area (Å²) < 4.78 is 65.7. The van der Waals surface area contributed by atoms with Gasteiger partial charge in [0.1, 0.15) is 0 Å². The van der Waals surface area contributed by atoms with E-state index in [1.807, 2.05) is 0 Å². The molecule has 0 saturated carbocycles. The Kier molecular flexibility index (Phi) is 7.09. The van der Waals surface area contributed by atoms with E-state index in [2.05, 4.69) is 0 Å². The lowest BCUT2D eigenvalue weighted by Crippen LogP contribution is -2.11. The second-order valence-corrected chi connectivity index (χ2v) is 3.67. The van der Waals surface area contributed by atoms with E-state index in [1.165, 1.54) is 12.1 Å². The summed E-state index contributed by atoms with van der Waals surface area (Å²) in [6.07, 6.45) is -4.04. The van der Waals surface area contributed by atoms with Crippen LogP contribution in [0, 0.1) is 0 Å². The van der Waals surface area contributed by atoms with Crippen LogP contribution in [0.5, 0.6) is 0 Å². The van der Waals surface area contributed by atoms with Crippen LogP contribution in [-0.2, 0) is 11.0 Å². The van der Waals surface area contributed by atoms with Crippen molar-refractivity contribution in [2.24, 2.45) is 0 Å². The van der Waals surface area contributed by atoms with Crippen LogP contribution in [0.3, 0.4) is 0 Å². The van der Waals surface area contributed by atoms with Gasteiger partial charge in [0.25, 0.3) is 0 Å². The zero-order valence-corrected chi connectivity index (χ0v) is 10.3. The van der Waals surface area contributed by atoms with E-state index in [-0.39, 0.29) is 0 Å². The molecule has 0 fully saturated rings. The van der Waals surface area contributed by atoms with E-state index in [1.54, 1.807) is 6.92 Å². The van der Waals surface area contributed by atoms with Gasteiger partial charge in [-0.15, -0.1) is 0 Å². The number of benzene rings is 1. The highest BCUT2D eigenvalue weighted by molar-refractivity contribution is 5.75. The van der Waals surface area contributed by atoms with Gasteiger partial charge < -0.3 is 5.11 Å². The van der Waals surface area contributed by atoms with Gasteiger partial charge in [-0.1, -0.05) is 19.1 Å². The van der Waals surface area contributed by atoms with Gasteiger partial charge in [0, 0.05) is 0 Å². The van der Waals surface area contributed by atoms with Gasteiger partial charge in [0.15, 0.2) is 0 Å². The Morgan fingerprint density at radius 3 is 1.80 bits per heavy atom. The van der Waals surface area contributed by atoms with Crippen molar-refractivity contribution in [3.05, 3.63) is 35.4 Å². The number of alkyl halides is 6. The van der Waals surface area contributed by atoms with Crippen LogP contribution in [0.1, 0.15) is 30.4 Å². The summed E-state index contributed by atoms with van der Waals surface area (Å²) in [6.45, 7) is -1.99. The van der Waals surface area contributed by atoms with Crippen LogP contribution < -0.4 is 0 Å². The molecule has 0 saturated heterocycles. The summed E-state index contributed by atoms with van der Waals surface area (Å²) in [4.78, 5) is 10.8. The minimum absolute atomic E-state index is 0.348. The fourth-order valence-electron chi connectivity index (χ4n) is 1.46. The van der Waals surface area contributed by atoms with Crippen molar-refractivity contribution in [2.45, 2.75) is 32.1 Å². The molecular weight excluding hydrogens is 290 g/mol. The van der Waals surface area contributed by atoms with Crippen molar-refractivity contribution in [1.82, 2.24) is 0 Å². The van der Waals surface area contributed by atoms with E-state index in [4.69, 9.17) is 5.11 Å². The Bertz CT molecular complexity index is 410. The number of carboxylic acids is 1. The third-order valence-corrected chi connectivity index (χ3v) is 2.35. The second kappa shape index (κ2) is 7.76. The van der Waals surface area contributed by atoms with Crippen LogP contribution in [-0.4, -0.2) is 17.8 Å². The summed E-state index contributed by atoms with van der Waals surface area (Å²) >= 11 is 0. The van der Waals surface area contributed by atoms with Crippen LogP contribution in [0.15, 0.2) is 24.3 Å². The highest BCUT2D eigenvalue weighted by atomic mass is 19.4. The summed E-state index contributed by atoms with van der Waals surface area (Å²) in [5, 5.41) is 8.83. The molecule has 0 bridgehead atoms. The monoisotopic (exact) mass is 302 g/mol. The average Bonchev–Trinajstić information content (AvgIpc) is 2.28. The largest absolute Gasteiger partial charge is 0.481 e. The number of hydrogen-bond donors (Lipinski definition) is 1. The quantitative estimate of drug-likeness (QED) is 0.837. The predicted molar refractivity (Wildman–Crippen MR) is 59.2 cm³/mol. The van der Waals surface area contributed by atoms with E-state index >= 15 is 0 Å². The van der Waals surface area contributed by atoms with E-state index < -0.39 is 30.3 Å². The first-order chi connectivity index (χ1) is 9.09. The summed E-state index contributed by atoms with van der Waals surface area (Å²) in [6, 6.07) is 4.23. The average molecular weight is 302 g/mol. The Labute approximate surface area is 111 Å². The molecule has 1 atom stereocenters. The molecule has 20 heavy (non-hydrogen) atoms. The molecule has 0 aliphatic rings. The summed E-state index contributed by atoms with van der Waals surface area (Å²) in [5.74, 6) is -1.77.